The third-order valence-electron chi connectivity index (χ3n) is 2.86. The molecule has 0 saturated carbocycles. The van der Waals surface area contributed by atoms with Gasteiger partial charge in [-0.15, -0.1) is 0 Å². The lowest BCUT2D eigenvalue weighted by atomic mass is 10.0. The van der Waals surface area contributed by atoms with E-state index in [1.54, 1.807) is 0 Å². The summed E-state index contributed by atoms with van der Waals surface area (Å²) in [6.07, 6.45) is 0. The zero-order chi connectivity index (χ0) is 13.8. The number of nitriles is 1. The molecule has 94 valence electrons. The first-order valence-electron chi connectivity index (χ1n) is 5.85. The molecular weight excluding hydrogens is 256 g/mol. The van der Waals surface area contributed by atoms with E-state index in [9.17, 15) is 5.26 Å². The number of aryl methyl sites for hydroxylation is 1. The molecule has 0 aliphatic carbocycles. The average molecular weight is 269 g/mol. The summed E-state index contributed by atoms with van der Waals surface area (Å²) in [4.78, 5) is 0. The van der Waals surface area contributed by atoms with Crippen LogP contribution in [0.15, 0.2) is 48.5 Å². The van der Waals surface area contributed by atoms with Crippen LogP contribution in [0.1, 0.15) is 16.7 Å². The van der Waals surface area contributed by atoms with Gasteiger partial charge < -0.3 is 5.73 Å². The number of benzene rings is 2. The number of nitrogens with two attached hydrogens (primary N) is 1. The minimum atomic E-state index is 0.402. The maximum absolute atomic E-state index is 9.33. The van der Waals surface area contributed by atoms with Gasteiger partial charge in [-0.2, -0.15) is 5.26 Å². The number of allylic oxidation sites excluding steroid dienone is 1. The molecule has 2 aromatic rings. The normalized spacial score (nSPS) is 11.6. The Labute approximate surface area is 117 Å². The Morgan fingerprint density at radius 2 is 1.84 bits per heavy atom. The van der Waals surface area contributed by atoms with Crippen molar-refractivity contribution in [2.45, 2.75) is 6.92 Å². The van der Waals surface area contributed by atoms with Crippen LogP contribution in [0.3, 0.4) is 0 Å². The third kappa shape index (κ3) is 2.78. The lowest BCUT2D eigenvalue weighted by Gasteiger charge is -2.09. The van der Waals surface area contributed by atoms with Crippen molar-refractivity contribution in [1.82, 2.24) is 0 Å². The number of hydrogen-bond donors (Lipinski definition) is 1. The predicted octanol–water partition coefficient (Wildman–Crippen LogP) is 4.00. The molecule has 2 aromatic carbocycles. The fourth-order valence-electron chi connectivity index (χ4n) is 1.86. The van der Waals surface area contributed by atoms with E-state index in [0.717, 1.165) is 11.1 Å². The van der Waals surface area contributed by atoms with Crippen molar-refractivity contribution in [3.8, 4) is 6.07 Å². The minimum Gasteiger partial charge on any atom is -0.397 e. The maximum Gasteiger partial charge on any atom is 0.102 e. The maximum atomic E-state index is 9.33. The monoisotopic (exact) mass is 268 g/mol. The van der Waals surface area contributed by atoms with Crippen LogP contribution < -0.4 is 5.73 Å². The van der Waals surface area contributed by atoms with Gasteiger partial charge in [0.25, 0.3) is 0 Å². The zero-order valence-corrected chi connectivity index (χ0v) is 11.3. The van der Waals surface area contributed by atoms with Crippen LogP contribution in [0.4, 0.5) is 0 Å². The molecule has 0 unspecified atom stereocenters. The zero-order valence-electron chi connectivity index (χ0n) is 10.5. The smallest absolute Gasteiger partial charge is 0.102 e. The molecule has 0 amide bonds. The second-order valence-electron chi connectivity index (χ2n) is 4.25. The van der Waals surface area contributed by atoms with Crippen molar-refractivity contribution in [2.24, 2.45) is 5.73 Å². The van der Waals surface area contributed by atoms with E-state index in [2.05, 4.69) is 6.07 Å². The number of nitrogens with zero attached hydrogens (tertiary/aromatic N) is 1. The summed E-state index contributed by atoms with van der Waals surface area (Å²) in [5, 5.41) is 9.88. The van der Waals surface area contributed by atoms with Gasteiger partial charge in [0.15, 0.2) is 0 Å². The molecule has 0 aliphatic rings. The van der Waals surface area contributed by atoms with Crippen LogP contribution in [-0.4, -0.2) is 0 Å². The van der Waals surface area contributed by atoms with E-state index < -0.39 is 0 Å². The summed E-state index contributed by atoms with van der Waals surface area (Å²) in [7, 11) is 0. The van der Waals surface area contributed by atoms with Gasteiger partial charge in [0.05, 0.1) is 16.3 Å². The van der Waals surface area contributed by atoms with Gasteiger partial charge in [0.1, 0.15) is 6.07 Å². The third-order valence-corrected chi connectivity index (χ3v) is 3.17. The van der Waals surface area contributed by atoms with Crippen molar-refractivity contribution in [1.29, 1.82) is 5.26 Å². The molecule has 0 spiro atoms. The van der Waals surface area contributed by atoms with Crippen LogP contribution in [0.5, 0.6) is 0 Å². The Kier molecular flexibility index (Phi) is 3.89. The second kappa shape index (κ2) is 5.60. The molecule has 0 saturated heterocycles. The van der Waals surface area contributed by atoms with Crippen LogP contribution in [0.2, 0.25) is 5.02 Å². The Hall–Kier alpha value is -2.24. The molecule has 2 N–H and O–H groups in total. The SMILES string of the molecule is Cc1ccc(/C(N)=C(/C#N)c2ccccc2)c(Cl)c1. The Morgan fingerprint density at radius 1 is 1.16 bits per heavy atom. The van der Waals surface area contributed by atoms with Crippen molar-refractivity contribution < 1.29 is 0 Å². The van der Waals surface area contributed by atoms with Crippen molar-refractivity contribution in [3.05, 3.63) is 70.2 Å². The van der Waals surface area contributed by atoms with Crippen LogP contribution in [0, 0.1) is 18.3 Å². The first-order chi connectivity index (χ1) is 9.13. The van der Waals surface area contributed by atoms with Gasteiger partial charge in [-0.3, -0.25) is 0 Å². The minimum absolute atomic E-state index is 0.402. The molecule has 2 nitrogen and oxygen atoms in total. The predicted molar refractivity (Wildman–Crippen MR) is 79.2 cm³/mol. The first-order valence-corrected chi connectivity index (χ1v) is 6.23. The average Bonchev–Trinajstić information content (AvgIpc) is 2.40. The second-order valence-corrected chi connectivity index (χ2v) is 4.66. The summed E-state index contributed by atoms with van der Waals surface area (Å²) in [6.45, 7) is 1.96. The Morgan fingerprint density at radius 3 is 2.42 bits per heavy atom. The molecule has 0 heterocycles. The van der Waals surface area contributed by atoms with Crippen molar-refractivity contribution in [2.75, 3.05) is 0 Å². The van der Waals surface area contributed by atoms with Gasteiger partial charge >= 0.3 is 0 Å². The molecule has 0 fully saturated rings. The van der Waals surface area contributed by atoms with Gasteiger partial charge in [0.2, 0.25) is 0 Å². The Bertz CT molecular complexity index is 667. The number of rotatable bonds is 2. The standard InChI is InChI=1S/C16H13ClN2/c1-11-7-8-13(15(17)9-11)16(19)14(10-18)12-5-3-2-4-6-12/h2-9H,19H2,1H3/b16-14+. The van der Waals surface area contributed by atoms with E-state index >= 15 is 0 Å². The molecule has 0 bridgehead atoms. The summed E-state index contributed by atoms with van der Waals surface area (Å²) < 4.78 is 0. The quantitative estimate of drug-likeness (QED) is 0.661. The van der Waals surface area contributed by atoms with Crippen LogP contribution in [-0.2, 0) is 0 Å². The molecule has 0 radical (unpaired) electrons. The van der Waals surface area contributed by atoms with Gasteiger partial charge in [-0.25, -0.2) is 0 Å². The highest BCUT2D eigenvalue weighted by atomic mass is 35.5. The molecular formula is C16H13ClN2. The largest absolute Gasteiger partial charge is 0.397 e. The van der Waals surface area contributed by atoms with E-state index in [1.807, 2.05) is 55.5 Å². The highest BCUT2D eigenvalue weighted by Gasteiger charge is 2.11. The van der Waals surface area contributed by atoms with E-state index in [-0.39, 0.29) is 0 Å². The molecule has 19 heavy (non-hydrogen) atoms. The van der Waals surface area contributed by atoms with Gasteiger partial charge in [0, 0.05) is 5.56 Å². The molecule has 0 aromatic heterocycles. The molecule has 3 heteroatoms. The van der Waals surface area contributed by atoms with Crippen LogP contribution in [0.25, 0.3) is 11.3 Å². The fraction of sp³-hybridized carbons (Fsp3) is 0.0625. The summed E-state index contributed by atoms with van der Waals surface area (Å²) in [6, 6.07) is 17.1. The van der Waals surface area contributed by atoms with Gasteiger partial charge in [-0.05, 0) is 24.1 Å². The summed E-state index contributed by atoms with van der Waals surface area (Å²) in [5.41, 5.74) is 9.48. The van der Waals surface area contributed by atoms with E-state index in [4.69, 9.17) is 17.3 Å². The van der Waals surface area contributed by atoms with Crippen molar-refractivity contribution in [3.63, 3.8) is 0 Å². The number of hydrogen-bond acceptors (Lipinski definition) is 2. The van der Waals surface area contributed by atoms with E-state index in [0.29, 0.717) is 21.9 Å². The highest BCUT2D eigenvalue weighted by Crippen LogP contribution is 2.27. The lowest BCUT2D eigenvalue weighted by Crippen LogP contribution is -2.01. The molecule has 2 rings (SSSR count). The lowest BCUT2D eigenvalue weighted by molar-refractivity contribution is 1.43. The first kappa shape index (κ1) is 13.2. The van der Waals surface area contributed by atoms with E-state index in [1.165, 1.54) is 0 Å². The van der Waals surface area contributed by atoms with Crippen LogP contribution >= 0.6 is 11.6 Å². The topological polar surface area (TPSA) is 49.8 Å². The summed E-state index contributed by atoms with van der Waals surface area (Å²) in [5.74, 6) is 0. The van der Waals surface area contributed by atoms with Crippen molar-refractivity contribution >= 4 is 22.9 Å². The highest BCUT2D eigenvalue weighted by molar-refractivity contribution is 6.32. The number of halogens is 1. The van der Waals surface area contributed by atoms with Gasteiger partial charge in [-0.1, -0.05) is 54.1 Å². The molecule has 0 atom stereocenters. The fourth-order valence-corrected chi connectivity index (χ4v) is 2.20. The molecule has 0 aliphatic heterocycles. The Balaban J connectivity index is 2.59. The summed E-state index contributed by atoms with van der Waals surface area (Å²) >= 11 is 6.19.